The summed E-state index contributed by atoms with van der Waals surface area (Å²) in [7, 11) is 0. The summed E-state index contributed by atoms with van der Waals surface area (Å²) in [4.78, 5) is 24.3. The number of aliphatic carboxylic acids is 1. The summed E-state index contributed by atoms with van der Waals surface area (Å²) in [5.41, 5.74) is 1.54. The van der Waals surface area contributed by atoms with E-state index in [1.165, 1.54) is 0 Å². The summed E-state index contributed by atoms with van der Waals surface area (Å²) in [6.45, 7) is 2.48. The molecule has 0 aromatic heterocycles. The van der Waals surface area contributed by atoms with Crippen molar-refractivity contribution in [1.29, 1.82) is 0 Å². The maximum atomic E-state index is 12.6. The summed E-state index contributed by atoms with van der Waals surface area (Å²) >= 11 is 0. The largest absolute Gasteiger partial charge is 0.493 e. The molecule has 0 saturated heterocycles. The van der Waals surface area contributed by atoms with E-state index in [2.05, 4.69) is 5.32 Å². The fraction of sp³-hybridized carbons (Fsp3) is 0.579. The first-order valence-corrected chi connectivity index (χ1v) is 9.02. The van der Waals surface area contributed by atoms with E-state index in [0.29, 0.717) is 18.6 Å². The van der Waals surface area contributed by atoms with Crippen LogP contribution in [0, 0.1) is 0 Å². The Morgan fingerprint density at radius 1 is 1.36 bits per heavy atom. The highest BCUT2D eigenvalue weighted by atomic mass is 16.5. The van der Waals surface area contributed by atoms with Crippen LogP contribution in [-0.4, -0.2) is 35.8 Å². The van der Waals surface area contributed by atoms with E-state index in [9.17, 15) is 14.7 Å². The van der Waals surface area contributed by atoms with Crippen molar-refractivity contribution in [2.75, 3.05) is 6.61 Å². The number of rotatable bonds is 7. The van der Waals surface area contributed by atoms with Gasteiger partial charge in [-0.15, -0.1) is 0 Å². The first kappa shape index (κ1) is 17.7. The number of nitrogens with one attached hydrogen (secondary N) is 1. The zero-order valence-corrected chi connectivity index (χ0v) is 14.5. The molecule has 1 heterocycles. The van der Waals surface area contributed by atoms with Gasteiger partial charge in [0.15, 0.2) is 6.04 Å². The van der Waals surface area contributed by atoms with E-state index in [4.69, 9.17) is 9.47 Å². The molecule has 2 unspecified atom stereocenters. The molecule has 2 atom stereocenters. The molecule has 6 heteroatoms. The van der Waals surface area contributed by atoms with Gasteiger partial charge < -0.3 is 19.9 Å². The van der Waals surface area contributed by atoms with Gasteiger partial charge in [0.25, 0.3) is 0 Å². The van der Waals surface area contributed by atoms with E-state index in [-0.39, 0.29) is 12.0 Å². The lowest BCUT2D eigenvalue weighted by molar-refractivity contribution is -0.146. The smallest absolute Gasteiger partial charge is 0.330 e. The molecule has 1 aliphatic heterocycles. The lowest BCUT2D eigenvalue weighted by Crippen LogP contribution is -2.42. The fourth-order valence-electron chi connectivity index (χ4n) is 3.51. The van der Waals surface area contributed by atoms with Gasteiger partial charge in [0, 0.05) is 6.42 Å². The van der Waals surface area contributed by atoms with Crippen LogP contribution in [0.5, 0.6) is 5.75 Å². The van der Waals surface area contributed by atoms with Crippen LogP contribution in [0.1, 0.15) is 56.2 Å². The van der Waals surface area contributed by atoms with Crippen molar-refractivity contribution >= 4 is 11.9 Å². The molecule has 1 fully saturated rings. The van der Waals surface area contributed by atoms with Crippen LogP contribution in [0.3, 0.4) is 0 Å². The fourth-order valence-corrected chi connectivity index (χ4v) is 3.51. The molecule has 0 radical (unpaired) electrons. The molecule has 1 aromatic rings. The topological polar surface area (TPSA) is 84.9 Å². The Bertz CT molecular complexity index is 639. The van der Waals surface area contributed by atoms with Crippen LogP contribution < -0.4 is 10.1 Å². The Balaban J connectivity index is 1.70. The summed E-state index contributed by atoms with van der Waals surface area (Å²) in [6.07, 6.45) is 4.96. The van der Waals surface area contributed by atoms with E-state index >= 15 is 0 Å². The quantitative estimate of drug-likeness (QED) is 0.792. The second kappa shape index (κ2) is 7.87. The molecular formula is C19H25NO5. The number of benzene rings is 1. The SMILES string of the molecule is CCC(OC1CCCC1)C(=O)NC(C(=O)O)c1ccc2c(c1)CCO2. The molecule has 1 aliphatic carbocycles. The zero-order valence-electron chi connectivity index (χ0n) is 14.5. The van der Waals surface area contributed by atoms with Crippen LogP contribution in [-0.2, 0) is 20.7 Å². The lowest BCUT2D eigenvalue weighted by atomic mass is 10.0. The maximum Gasteiger partial charge on any atom is 0.330 e. The number of carbonyl (C=O) groups is 2. The van der Waals surface area contributed by atoms with Crippen molar-refractivity contribution in [3.63, 3.8) is 0 Å². The number of fused-ring (bicyclic) bond motifs is 1. The van der Waals surface area contributed by atoms with E-state index in [1.807, 2.05) is 6.92 Å². The highest BCUT2D eigenvalue weighted by Gasteiger charge is 2.29. The van der Waals surface area contributed by atoms with Crippen molar-refractivity contribution in [3.05, 3.63) is 29.3 Å². The monoisotopic (exact) mass is 347 g/mol. The third-order valence-corrected chi connectivity index (χ3v) is 4.90. The molecule has 1 aromatic carbocycles. The molecule has 1 saturated carbocycles. The molecule has 2 aliphatic rings. The first-order chi connectivity index (χ1) is 12.1. The van der Waals surface area contributed by atoms with Gasteiger partial charge in [0.05, 0.1) is 12.7 Å². The predicted octanol–water partition coefficient (Wildman–Crippen LogP) is 2.60. The third kappa shape index (κ3) is 4.12. The van der Waals surface area contributed by atoms with Crippen molar-refractivity contribution in [1.82, 2.24) is 5.32 Å². The highest BCUT2D eigenvalue weighted by Crippen LogP contribution is 2.29. The number of amides is 1. The van der Waals surface area contributed by atoms with Gasteiger partial charge in [-0.1, -0.05) is 25.8 Å². The molecule has 3 rings (SSSR count). The Morgan fingerprint density at radius 3 is 2.80 bits per heavy atom. The molecular weight excluding hydrogens is 322 g/mol. The highest BCUT2D eigenvalue weighted by molar-refractivity contribution is 5.87. The summed E-state index contributed by atoms with van der Waals surface area (Å²) < 4.78 is 11.3. The van der Waals surface area contributed by atoms with Gasteiger partial charge in [-0.25, -0.2) is 4.79 Å². The standard InChI is InChI=1S/C19H25NO5/c1-2-15(25-14-5-3-4-6-14)18(21)20-17(19(22)23)13-7-8-16-12(11-13)9-10-24-16/h7-8,11,14-15,17H,2-6,9-10H2,1H3,(H,20,21)(H,22,23). The van der Waals surface area contributed by atoms with Gasteiger partial charge in [-0.05, 0) is 42.5 Å². The summed E-state index contributed by atoms with van der Waals surface area (Å²) in [6, 6.07) is 4.19. The molecule has 6 nitrogen and oxygen atoms in total. The minimum absolute atomic E-state index is 0.108. The molecule has 1 amide bonds. The number of carboxylic acids is 1. The predicted molar refractivity (Wildman–Crippen MR) is 91.6 cm³/mol. The average molecular weight is 347 g/mol. The number of carbonyl (C=O) groups excluding carboxylic acids is 1. The maximum absolute atomic E-state index is 12.6. The lowest BCUT2D eigenvalue weighted by Gasteiger charge is -2.23. The van der Waals surface area contributed by atoms with Gasteiger partial charge in [-0.3, -0.25) is 4.79 Å². The van der Waals surface area contributed by atoms with E-state index in [0.717, 1.165) is 43.4 Å². The number of ether oxygens (including phenoxy) is 2. The Hall–Kier alpha value is -2.08. The third-order valence-electron chi connectivity index (χ3n) is 4.90. The molecule has 25 heavy (non-hydrogen) atoms. The summed E-state index contributed by atoms with van der Waals surface area (Å²) in [5.74, 6) is -0.656. The molecule has 2 N–H and O–H groups in total. The van der Waals surface area contributed by atoms with Crippen molar-refractivity contribution < 1.29 is 24.2 Å². The number of hydrogen-bond donors (Lipinski definition) is 2. The molecule has 136 valence electrons. The minimum atomic E-state index is -1.08. The van der Waals surface area contributed by atoms with Gasteiger partial charge in [-0.2, -0.15) is 0 Å². The van der Waals surface area contributed by atoms with Gasteiger partial charge in [0.2, 0.25) is 5.91 Å². The second-order valence-electron chi connectivity index (χ2n) is 6.68. The van der Waals surface area contributed by atoms with Gasteiger partial charge >= 0.3 is 5.97 Å². The molecule has 0 spiro atoms. The normalized spacial score (nSPS) is 19.1. The first-order valence-electron chi connectivity index (χ1n) is 9.02. The van der Waals surface area contributed by atoms with E-state index in [1.54, 1.807) is 18.2 Å². The van der Waals surface area contributed by atoms with Gasteiger partial charge in [0.1, 0.15) is 11.9 Å². The van der Waals surface area contributed by atoms with Crippen LogP contribution in [0.15, 0.2) is 18.2 Å². The summed E-state index contributed by atoms with van der Waals surface area (Å²) in [5, 5.41) is 12.2. The van der Waals surface area contributed by atoms with Crippen molar-refractivity contribution in [2.45, 2.75) is 63.7 Å². The van der Waals surface area contributed by atoms with Crippen LogP contribution in [0.4, 0.5) is 0 Å². The van der Waals surface area contributed by atoms with Crippen LogP contribution in [0.2, 0.25) is 0 Å². The van der Waals surface area contributed by atoms with Crippen LogP contribution in [0.25, 0.3) is 0 Å². The zero-order chi connectivity index (χ0) is 17.8. The van der Waals surface area contributed by atoms with Crippen molar-refractivity contribution in [2.24, 2.45) is 0 Å². The minimum Gasteiger partial charge on any atom is -0.493 e. The Morgan fingerprint density at radius 2 is 2.12 bits per heavy atom. The Kier molecular flexibility index (Phi) is 5.58. The number of hydrogen-bond acceptors (Lipinski definition) is 4. The Labute approximate surface area is 147 Å². The second-order valence-corrected chi connectivity index (χ2v) is 6.68. The van der Waals surface area contributed by atoms with E-state index < -0.39 is 18.1 Å². The number of carboxylic acid groups (broad SMARTS) is 1. The molecule has 0 bridgehead atoms. The average Bonchev–Trinajstić information content (AvgIpc) is 3.27. The van der Waals surface area contributed by atoms with Crippen LogP contribution >= 0.6 is 0 Å². The van der Waals surface area contributed by atoms with Crippen molar-refractivity contribution in [3.8, 4) is 5.75 Å².